The van der Waals surface area contributed by atoms with Crippen molar-refractivity contribution in [3.8, 4) is 0 Å². The lowest BCUT2D eigenvalue weighted by Crippen LogP contribution is -2.43. The molecule has 0 bridgehead atoms. The summed E-state index contributed by atoms with van der Waals surface area (Å²) in [4.78, 5) is 5.14. The standard InChI is InChI=1S/C41H47N2P2Si2/c1-42-34-22-14-16-24-38(34)44(46(4,5)6)39-28-32-20-12-10-18-30(32)26-36(39)43(2)37-27-31-19-11-13-21-33(31)29-41(37)45(3,47(7,8)9)40-25-17-15-23-35(40)42/h10-29H,1-9H3/q+1. The maximum Gasteiger partial charge on any atom is 0.232 e. The normalized spacial score (nSPS) is 18.5. The molecule has 47 heavy (non-hydrogen) atoms. The number of rotatable bonds is 2. The number of hydrogen-bond donors (Lipinski definition) is 0. The number of benzene rings is 6. The van der Waals surface area contributed by atoms with Crippen LogP contribution in [0.4, 0.5) is 22.7 Å². The lowest BCUT2D eigenvalue weighted by Gasteiger charge is -2.41. The van der Waals surface area contributed by atoms with E-state index < -0.39 is 29.8 Å². The van der Waals surface area contributed by atoms with Crippen molar-refractivity contribution < 1.29 is 0 Å². The van der Waals surface area contributed by atoms with Gasteiger partial charge in [-0.2, -0.15) is 0 Å². The number of para-hydroxylation sites is 2. The fourth-order valence-corrected chi connectivity index (χ4v) is 25.4. The summed E-state index contributed by atoms with van der Waals surface area (Å²) in [6.45, 7) is 16.3. The Hall–Kier alpha value is -3.27. The van der Waals surface area contributed by atoms with E-state index in [9.17, 15) is 0 Å². The van der Waals surface area contributed by atoms with Crippen molar-refractivity contribution >= 4 is 95.3 Å². The molecule has 0 spiro atoms. The maximum atomic E-state index is 2.65. The zero-order valence-corrected chi connectivity index (χ0v) is 33.1. The molecule has 1 aliphatic rings. The fourth-order valence-electron chi connectivity index (χ4n) is 7.53. The molecular formula is C41H47N2P2Si2+. The van der Waals surface area contributed by atoms with Crippen LogP contribution in [0.25, 0.3) is 21.5 Å². The summed E-state index contributed by atoms with van der Waals surface area (Å²) < 4.78 is 0. The molecule has 238 valence electrons. The van der Waals surface area contributed by atoms with E-state index in [4.69, 9.17) is 0 Å². The van der Waals surface area contributed by atoms with Crippen molar-refractivity contribution in [3.05, 3.63) is 121 Å². The molecular weight excluding hydrogens is 639 g/mol. The van der Waals surface area contributed by atoms with E-state index in [1.54, 1.807) is 0 Å². The Morgan fingerprint density at radius 2 is 0.936 bits per heavy atom. The SMILES string of the molecule is CN1c2ccccc2P([Si](C)(C)C)c2cc3ccccc3cc2N(C)c2cc3ccccc3cc2[P+](C)([Si](C)(C)C)c2ccccc21. The number of fused-ring (bicyclic) bond motifs is 6. The van der Waals surface area contributed by atoms with Gasteiger partial charge in [-0.3, -0.25) is 0 Å². The molecule has 0 aliphatic carbocycles. The number of nitrogens with zero attached hydrogens (tertiary/aromatic N) is 2. The van der Waals surface area contributed by atoms with Gasteiger partial charge in [-0.25, -0.2) is 0 Å². The highest BCUT2D eigenvalue weighted by atomic mass is 31.4. The molecule has 1 aliphatic heterocycles. The van der Waals surface area contributed by atoms with Gasteiger partial charge in [0, 0.05) is 49.6 Å². The van der Waals surface area contributed by atoms with E-state index in [-0.39, 0.29) is 0 Å². The average molecular weight is 686 g/mol. The Balaban J connectivity index is 1.71. The van der Waals surface area contributed by atoms with Crippen molar-refractivity contribution in [2.24, 2.45) is 0 Å². The largest absolute Gasteiger partial charge is 0.341 e. The van der Waals surface area contributed by atoms with Gasteiger partial charge in [-0.1, -0.05) is 106 Å². The minimum atomic E-state index is -1.91. The minimum Gasteiger partial charge on any atom is -0.341 e. The first-order valence-corrected chi connectivity index (χ1v) is 29.0. The van der Waals surface area contributed by atoms with Crippen molar-refractivity contribution in [2.45, 2.75) is 39.3 Å². The van der Waals surface area contributed by atoms with Gasteiger partial charge in [0.15, 0.2) is 0 Å². The number of hydrogen-bond acceptors (Lipinski definition) is 2. The Morgan fingerprint density at radius 3 is 1.53 bits per heavy atom. The van der Waals surface area contributed by atoms with Crippen LogP contribution in [0, 0.1) is 0 Å². The summed E-state index contributed by atoms with van der Waals surface area (Å²) in [5.74, 6) is 0. The minimum absolute atomic E-state index is 0.650. The summed E-state index contributed by atoms with van der Waals surface area (Å²) in [7, 11) is 0.383. The van der Waals surface area contributed by atoms with E-state index >= 15 is 0 Å². The Labute approximate surface area is 285 Å². The Morgan fingerprint density at radius 1 is 0.468 bits per heavy atom. The van der Waals surface area contributed by atoms with Gasteiger partial charge in [0.1, 0.15) is 10.6 Å². The summed E-state index contributed by atoms with van der Waals surface area (Å²) in [6.07, 6.45) is 0. The summed E-state index contributed by atoms with van der Waals surface area (Å²) in [6, 6.07) is 46.8. The maximum absolute atomic E-state index is 2.65. The predicted molar refractivity (Wildman–Crippen MR) is 222 cm³/mol. The van der Waals surface area contributed by atoms with Crippen LogP contribution in [0.15, 0.2) is 121 Å². The summed E-state index contributed by atoms with van der Waals surface area (Å²) >= 11 is 0. The first-order chi connectivity index (χ1) is 22.3. The topological polar surface area (TPSA) is 6.48 Å². The summed E-state index contributed by atoms with van der Waals surface area (Å²) in [5, 5.41) is 11.3. The Kier molecular flexibility index (Phi) is 8.04. The van der Waals surface area contributed by atoms with Crippen molar-refractivity contribution in [3.63, 3.8) is 0 Å². The van der Waals surface area contributed by atoms with Crippen molar-refractivity contribution in [1.29, 1.82) is 0 Å². The molecule has 2 nitrogen and oxygen atoms in total. The van der Waals surface area contributed by atoms with Crippen molar-refractivity contribution in [2.75, 3.05) is 30.6 Å². The first kappa shape index (κ1) is 32.3. The van der Waals surface area contributed by atoms with E-state index in [2.05, 4.69) is 191 Å². The average Bonchev–Trinajstić information content (AvgIpc) is 3.05. The van der Waals surface area contributed by atoms with Crippen LogP contribution in [0.1, 0.15) is 0 Å². The fraction of sp³-hybridized carbons (Fsp3) is 0.220. The molecule has 6 aromatic rings. The highest BCUT2D eigenvalue weighted by molar-refractivity contribution is 8.17. The third-order valence-electron chi connectivity index (χ3n) is 10.4. The van der Waals surface area contributed by atoms with Gasteiger partial charge in [0.25, 0.3) is 0 Å². The first-order valence-electron chi connectivity index (χ1n) is 16.7. The third kappa shape index (κ3) is 5.29. The second-order valence-electron chi connectivity index (χ2n) is 15.2. The molecule has 0 saturated carbocycles. The van der Waals surface area contributed by atoms with E-state index in [0.717, 1.165) is 0 Å². The van der Waals surface area contributed by atoms with Gasteiger partial charge in [-0.15, -0.1) is 0 Å². The second kappa shape index (κ2) is 11.7. The molecule has 7 rings (SSSR count). The molecule has 0 N–H and O–H groups in total. The van der Waals surface area contributed by atoms with Gasteiger partial charge >= 0.3 is 0 Å². The molecule has 2 atom stereocenters. The molecule has 0 radical (unpaired) electrons. The predicted octanol–water partition coefficient (Wildman–Crippen LogP) is 10.5. The van der Waals surface area contributed by atoms with E-state index in [0.29, 0.717) is 0 Å². The molecule has 0 amide bonds. The zero-order chi connectivity index (χ0) is 33.3. The smallest absolute Gasteiger partial charge is 0.232 e. The molecule has 2 unspecified atom stereocenters. The molecule has 6 aromatic carbocycles. The van der Waals surface area contributed by atoms with Gasteiger partial charge in [-0.05, 0) is 83.7 Å². The van der Waals surface area contributed by atoms with Crippen molar-refractivity contribution in [1.82, 2.24) is 0 Å². The molecule has 0 saturated heterocycles. The molecule has 1 heterocycles. The molecule has 0 aromatic heterocycles. The van der Waals surface area contributed by atoms with Crippen LogP contribution in [0.3, 0.4) is 0 Å². The quantitative estimate of drug-likeness (QED) is 0.132. The lowest BCUT2D eigenvalue weighted by atomic mass is 10.1. The second-order valence-corrected chi connectivity index (χ2v) is 40.5. The number of anilines is 4. The van der Waals surface area contributed by atoms with E-state index in [1.165, 1.54) is 65.5 Å². The third-order valence-corrected chi connectivity index (χ3v) is 33.7. The van der Waals surface area contributed by atoms with Crippen LogP contribution < -0.4 is 31.0 Å². The van der Waals surface area contributed by atoms with Gasteiger partial charge in [0.05, 0.1) is 19.1 Å². The van der Waals surface area contributed by atoms with Crippen LogP contribution in [-0.4, -0.2) is 36.2 Å². The summed E-state index contributed by atoms with van der Waals surface area (Å²) in [5.41, 5.74) is 5.40. The van der Waals surface area contributed by atoms with Crippen LogP contribution in [0.2, 0.25) is 39.3 Å². The van der Waals surface area contributed by atoms with Crippen LogP contribution >= 0.6 is 14.3 Å². The molecule has 0 fully saturated rings. The highest BCUT2D eigenvalue weighted by Gasteiger charge is 2.54. The van der Waals surface area contributed by atoms with E-state index in [1.807, 2.05) is 0 Å². The molecule has 6 heteroatoms. The van der Waals surface area contributed by atoms with Crippen LogP contribution in [-0.2, 0) is 0 Å². The Bertz CT molecular complexity index is 2150. The monoisotopic (exact) mass is 685 g/mol. The van der Waals surface area contributed by atoms with Gasteiger partial charge < -0.3 is 9.80 Å². The zero-order valence-electron chi connectivity index (χ0n) is 29.3. The van der Waals surface area contributed by atoms with Crippen LogP contribution in [0.5, 0.6) is 0 Å². The highest BCUT2D eigenvalue weighted by Crippen LogP contribution is 2.65. The lowest BCUT2D eigenvalue weighted by molar-refractivity contribution is 1.22. The van der Waals surface area contributed by atoms with Gasteiger partial charge in [0.2, 0.25) is 7.74 Å².